The Kier molecular flexibility index (Phi) is 5.53. The second-order valence-corrected chi connectivity index (χ2v) is 7.86. The summed E-state index contributed by atoms with van der Waals surface area (Å²) in [5.41, 5.74) is 1.82. The molecule has 0 spiro atoms. The lowest BCUT2D eigenvalue weighted by atomic mass is 10.0. The van der Waals surface area contributed by atoms with E-state index >= 15 is 0 Å². The van der Waals surface area contributed by atoms with E-state index in [2.05, 4.69) is 9.97 Å². The predicted molar refractivity (Wildman–Crippen MR) is 97.4 cm³/mol. The Labute approximate surface area is 152 Å². The van der Waals surface area contributed by atoms with Crippen LogP contribution in [0, 0.1) is 0 Å². The third-order valence-corrected chi connectivity index (χ3v) is 5.75. The van der Waals surface area contributed by atoms with E-state index in [-0.39, 0.29) is 22.0 Å². The number of nitrogens with zero attached hydrogens (tertiary/aromatic N) is 2. The van der Waals surface area contributed by atoms with Gasteiger partial charge in [0.2, 0.25) is 9.84 Å². The molecule has 2 aromatic heterocycles. The summed E-state index contributed by atoms with van der Waals surface area (Å²) in [4.78, 5) is 20.4. The summed E-state index contributed by atoms with van der Waals surface area (Å²) in [6.07, 6.45) is 7.68. The minimum atomic E-state index is -3.58. The summed E-state index contributed by atoms with van der Waals surface area (Å²) in [5, 5.41) is 0. The van der Waals surface area contributed by atoms with Crippen molar-refractivity contribution in [3.63, 3.8) is 0 Å². The first kappa shape index (κ1) is 17.9. The topological polar surface area (TPSA) is 77.0 Å². The molecule has 3 aromatic rings. The predicted octanol–water partition coefficient (Wildman–Crippen LogP) is 3.05. The zero-order valence-corrected chi connectivity index (χ0v) is 14.9. The molecule has 0 unspecified atom stereocenters. The molecule has 132 valence electrons. The zero-order chi connectivity index (χ0) is 18.4. The van der Waals surface area contributed by atoms with Crippen LogP contribution in [0.4, 0.5) is 0 Å². The van der Waals surface area contributed by atoms with Crippen molar-refractivity contribution in [1.29, 1.82) is 0 Å². The van der Waals surface area contributed by atoms with Gasteiger partial charge in [0.05, 0.1) is 9.79 Å². The van der Waals surface area contributed by atoms with Gasteiger partial charge < -0.3 is 0 Å². The number of Topliss-reactive ketones (excluding diaryl/α,β-unsaturated/α-hetero) is 1. The molecule has 0 amide bonds. The number of ketones is 1. The van der Waals surface area contributed by atoms with Gasteiger partial charge in [-0.05, 0) is 47.9 Å². The largest absolute Gasteiger partial charge is 0.299 e. The molecular weight excluding hydrogens is 348 g/mol. The number of sulfone groups is 1. The van der Waals surface area contributed by atoms with Gasteiger partial charge in [-0.25, -0.2) is 8.42 Å². The van der Waals surface area contributed by atoms with Crippen LogP contribution in [0.25, 0.3) is 0 Å². The minimum Gasteiger partial charge on any atom is -0.299 e. The van der Waals surface area contributed by atoms with Crippen LogP contribution in [0.1, 0.15) is 17.5 Å². The van der Waals surface area contributed by atoms with Gasteiger partial charge in [-0.2, -0.15) is 0 Å². The number of aromatic nitrogens is 2. The Hall–Kier alpha value is -2.86. The van der Waals surface area contributed by atoms with Crippen LogP contribution in [-0.4, -0.2) is 24.2 Å². The van der Waals surface area contributed by atoms with E-state index in [1.165, 1.54) is 30.6 Å². The molecule has 0 aliphatic carbocycles. The summed E-state index contributed by atoms with van der Waals surface area (Å²) >= 11 is 0. The fourth-order valence-corrected chi connectivity index (χ4v) is 3.80. The summed E-state index contributed by atoms with van der Waals surface area (Å²) in [5.74, 6) is 0.108. The zero-order valence-electron chi connectivity index (χ0n) is 14.1. The van der Waals surface area contributed by atoms with Crippen molar-refractivity contribution in [3.8, 4) is 0 Å². The fourth-order valence-electron chi connectivity index (χ4n) is 2.57. The highest BCUT2D eigenvalue weighted by Gasteiger charge is 2.17. The molecule has 0 bridgehead atoms. The lowest BCUT2D eigenvalue weighted by Crippen LogP contribution is -2.06. The van der Waals surface area contributed by atoms with Crippen molar-refractivity contribution in [3.05, 3.63) is 84.4 Å². The third kappa shape index (κ3) is 4.40. The van der Waals surface area contributed by atoms with E-state index in [9.17, 15) is 13.2 Å². The van der Waals surface area contributed by atoms with E-state index in [1.807, 2.05) is 12.1 Å². The van der Waals surface area contributed by atoms with Gasteiger partial charge in [0, 0.05) is 37.6 Å². The average Bonchev–Trinajstić information content (AvgIpc) is 2.68. The maximum absolute atomic E-state index is 12.5. The second kappa shape index (κ2) is 8.01. The maximum atomic E-state index is 12.5. The number of carbonyl (C=O) groups excluding carboxylic acids is 1. The molecule has 0 N–H and O–H groups in total. The van der Waals surface area contributed by atoms with Gasteiger partial charge in [0.1, 0.15) is 5.78 Å². The molecular formula is C20H18N2O3S. The summed E-state index contributed by atoms with van der Waals surface area (Å²) in [6.45, 7) is 0. The first-order valence-corrected chi connectivity index (χ1v) is 9.69. The molecule has 26 heavy (non-hydrogen) atoms. The molecule has 0 aliphatic heterocycles. The molecule has 3 rings (SSSR count). The first-order valence-electron chi connectivity index (χ1n) is 8.20. The van der Waals surface area contributed by atoms with Gasteiger partial charge in [0.15, 0.2) is 0 Å². The highest BCUT2D eigenvalue weighted by molar-refractivity contribution is 7.91. The number of benzene rings is 1. The normalized spacial score (nSPS) is 11.2. The molecule has 0 aliphatic rings. The Balaban J connectivity index is 1.63. The molecule has 0 saturated carbocycles. The maximum Gasteiger partial charge on any atom is 0.208 e. The van der Waals surface area contributed by atoms with Crippen molar-refractivity contribution in [2.75, 3.05) is 0 Å². The molecule has 0 fully saturated rings. The van der Waals surface area contributed by atoms with Crippen LogP contribution in [0.15, 0.2) is 83.1 Å². The first-order chi connectivity index (χ1) is 12.6. The number of hydrogen-bond acceptors (Lipinski definition) is 5. The SMILES string of the molecule is O=C(CCc1cccnc1)Cc1ccc(S(=O)(=O)c2cccnc2)cc1. The molecule has 0 radical (unpaired) electrons. The van der Waals surface area contributed by atoms with Crippen molar-refractivity contribution in [2.45, 2.75) is 29.1 Å². The van der Waals surface area contributed by atoms with Crippen LogP contribution < -0.4 is 0 Å². The van der Waals surface area contributed by atoms with Gasteiger partial charge in [-0.1, -0.05) is 18.2 Å². The van der Waals surface area contributed by atoms with Crippen molar-refractivity contribution in [2.24, 2.45) is 0 Å². The number of aryl methyl sites for hydroxylation is 1. The van der Waals surface area contributed by atoms with Crippen molar-refractivity contribution >= 4 is 15.6 Å². The van der Waals surface area contributed by atoms with E-state index in [0.717, 1.165) is 11.1 Å². The highest BCUT2D eigenvalue weighted by Crippen LogP contribution is 2.20. The monoisotopic (exact) mass is 366 g/mol. The number of hydrogen-bond donors (Lipinski definition) is 0. The molecule has 5 nitrogen and oxygen atoms in total. The lowest BCUT2D eigenvalue weighted by molar-refractivity contribution is -0.118. The smallest absolute Gasteiger partial charge is 0.208 e. The lowest BCUT2D eigenvalue weighted by Gasteiger charge is -2.06. The van der Waals surface area contributed by atoms with Crippen LogP contribution in [0.2, 0.25) is 0 Å². The Morgan fingerprint density at radius 2 is 1.50 bits per heavy atom. The number of pyridine rings is 2. The molecule has 6 heteroatoms. The summed E-state index contributed by atoms with van der Waals surface area (Å²) in [6, 6.07) is 13.3. The molecule has 1 aromatic carbocycles. The summed E-state index contributed by atoms with van der Waals surface area (Å²) in [7, 11) is -3.58. The Morgan fingerprint density at radius 3 is 2.12 bits per heavy atom. The Morgan fingerprint density at radius 1 is 0.808 bits per heavy atom. The van der Waals surface area contributed by atoms with Crippen LogP contribution in [-0.2, 0) is 27.5 Å². The Bertz CT molecular complexity index is 971. The average molecular weight is 366 g/mol. The quantitative estimate of drug-likeness (QED) is 0.642. The van der Waals surface area contributed by atoms with Crippen molar-refractivity contribution in [1.82, 2.24) is 9.97 Å². The number of carbonyl (C=O) groups is 1. The number of rotatable bonds is 7. The van der Waals surface area contributed by atoms with Gasteiger partial charge in [-0.3, -0.25) is 14.8 Å². The standard InChI is InChI=1S/C20H18N2O3S/c23-18(8-5-17-3-1-11-21-14-17)13-16-6-9-19(10-7-16)26(24,25)20-4-2-12-22-15-20/h1-4,6-7,9-12,14-15H,5,8,13H2. The van der Waals surface area contributed by atoms with E-state index < -0.39 is 9.84 Å². The van der Waals surface area contributed by atoms with Gasteiger partial charge >= 0.3 is 0 Å². The molecule has 2 heterocycles. The van der Waals surface area contributed by atoms with E-state index in [0.29, 0.717) is 12.8 Å². The van der Waals surface area contributed by atoms with Gasteiger partial charge in [0.25, 0.3) is 0 Å². The van der Waals surface area contributed by atoms with Crippen molar-refractivity contribution < 1.29 is 13.2 Å². The van der Waals surface area contributed by atoms with Crippen LogP contribution in [0.5, 0.6) is 0 Å². The molecule has 0 atom stereocenters. The van der Waals surface area contributed by atoms with Crippen LogP contribution in [0.3, 0.4) is 0 Å². The van der Waals surface area contributed by atoms with E-state index in [1.54, 1.807) is 30.6 Å². The molecule has 0 saturated heterocycles. The van der Waals surface area contributed by atoms with E-state index in [4.69, 9.17) is 0 Å². The van der Waals surface area contributed by atoms with Crippen LogP contribution >= 0.6 is 0 Å². The van der Waals surface area contributed by atoms with Gasteiger partial charge in [-0.15, -0.1) is 0 Å². The minimum absolute atomic E-state index is 0.108. The summed E-state index contributed by atoms with van der Waals surface area (Å²) < 4.78 is 25.0. The highest BCUT2D eigenvalue weighted by atomic mass is 32.2. The fraction of sp³-hybridized carbons (Fsp3) is 0.150. The third-order valence-electron chi connectivity index (χ3n) is 3.99. The second-order valence-electron chi connectivity index (χ2n) is 5.91.